The number of primary amides is 1. The summed E-state index contributed by atoms with van der Waals surface area (Å²) in [6.45, 7) is 7.31. The van der Waals surface area contributed by atoms with Crippen LogP contribution in [0, 0.1) is 5.92 Å². The molecule has 1 unspecified atom stereocenters. The zero-order valence-corrected chi connectivity index (χ0v) is 21.7. The van der Waals surface area contributed by atoms with Crippen LogP contribution in [0.2, 0.25) is 0 Å². The van der Waals surface area contributed by atoms with Gasteiger partial charge in [-0.3, -0.25) is 4.79 Å². The Morgan fingerprint density at radius 1 is 1.02 bits per heavy atom. The van der Waals surface area contributed by atoms with Gasteiger partial charge in [-0.1, -0.05) is 68.1 Å². The average molecular weight is 560 g/mol. The molecule has 0 radical (unpaired) electrons. The smallest absolute Gasteiger partial charge is 0.366 e. The third kappa shape index (κ3) is 7.40. The van der Waals surface area contributed by atoms with E-state index in [0.717, 1.165) is 11.1 Å². The van der Waals surface area contributed by atoms with Gasteiger partial charge in [0.15, 0.2) is 0 Å². The highest BCUT2D eigenvalue weighted by Crippen LogP contribution is 2.37. The lowest BCUT2D eigenvalue weighted by molar-refractivity contribution is -0.143. The van der Waals surface area contributed by atoms with Crippen LogP contribution in [0.3, 0.4) is 0 Å². The van der Waals surface area contributed by atoms with Gasteiger partial charge in [0.25, 0.3) is 5.91 Å². The molecule has 2 aromatic carbocycles. The lowest BCUT2D eigenvalue weighted by atomic mass is 9.93. The second-order valence-corrected chi connectivity index (χ2v) is 9.02. The Morgan fingerprint density at radius 2 is 1.60 bits per heavy atom. The summed E-state index contributed by atoms with van der Waals surface area (Å²) in [5.74, 6) is -1.33. The number of carbonyl (C=O) groups is 1. The van der Waals surface area contributed by atoms with Crippen LogP contribution in [-0.4, -0.2) is 16.6 Å². The summed E-state index contributed by atoms with van der Waals surface area (Å²) in [5.41, 5.74) is 4.55. The molecule has 0 fully saturated rings. The van der Waals surface area contributed by atoms with Gasteiger partial charge in [0.2, 0.25) is 0 Å². The second-order valence-electron chi connectivity index (χ2n) is 9.02. The number of hydrazone groups is 1. The number of nitrogens with zero attached hydrogens (tertiary/aromatic N) is 2. The molecule has 10 heteroatoms. The number of amides is 1. The normalized spacial score (nSPS) is 17.1. The van der Waals surface area contributed by atoms with E-state index in [2.05, 4.69) is 11.7 Å². The number of carbonyl (C=O) groups excluding carboxylic acids is 1. The molecular formula is C30H27F6N3O. The minimum Gasteiger partial charge on any atom is -0.366 e. The summed E-state index contributed by atoms with van der Waals surface area (Å²) < 4.78 is 80.8. The third-order valence-electron chi connectivity index (χ3n) is 6.07. The predicted molar refractivity (Wildman–Crippen MR) is 144 cm³/mol. The Balaban J connectivity index is 2.10. The third-order valence-corrected chi connectivity index (χ3v) is 6.07. The Labute approximate surface area is 228 Å². The first-order chi connectivity index (χ1) is 18.7. The van der Waals surface area contributed by atoms with Gasteiger partial charge < -0.3 is 5.73 Å². The maximum atomic E-state index is 13.5. The number of hydrogen-bond acceptors (Lipinski definition) is 3. The van der Waals surface area contributed by atoms with Crippen LogP contribution in [0.5, 0.6) is 0 Å². The molecule has 0 saturated carbocycles. The van der Waals surface area contributed by atoms with Crippen molar-refractivity contribution in [2.24, 2.45) is 16.8 Å². The van der Waals surface area contributed by atoms with E-state index in [1.165, 1.54) is 17.4 Å². The van der Waals surface area contributed by atoms with E-state index in [1.807, 2.05) is 25.2 Å². The molecule has 1 aliphatic rings. The number of alkyl halides is 6. The molecule has 0 spiro atoms. The van der Waals surface area contributed by atoms with Crippen LogP contribution >= 0.6 is 0 Å². The number of benzene rings is 2. The van der Waals surface area contributed by atoms with Gasteiger partial charge >= 0.3 is 12.4 Å². The quantitative estimate of drug-likeness (QED) is 0.213. The van der Waals surface area contributed by atoms with Crippen LogP contribution in [0.4, 0.5) is 26.3 Å². The van der Waals surface area contributed by atoms with Crippen LogP contribution in [0.25, 0.3) is 11.1 Å². The number of nitrogens with two attached hydrogens (primary N) is 1. The van der Waals surface area contributed by atoms with E-state index in [9.17, 15) is 31.1 Å². The van der Waals surface area contributed by atoms with Crippen molar-refractivity contribution in [3.05, 3.63) is 120 Å². The predicted octanol–water partition coefficient (Wildman–Crippen LogP) is 7.96. The van der Waals surface area contributed by atoms with Crippen molar-refractivity contribution in [2.75, 3.05) is 0 Å². The van der Waals surface area contributed by atoms with Crippen molar-refractivity contribution in [1.29, 1.82) is 0 Å². The molecule has 40 heavy (non-hydrogen) atoms. The zero-order chi connectivity index (χ0) is 29.7. The Hall–Kier alpha value is -4.34. The van der Waals surface area contributed by atoms with Gasteiger partial charge in [0, 0.05) is 18.3 Å². The molecule has 1 amide bonds. The number of allylic oxidation sites excluding steroid dienone is 6. The van der Waals surface area contributed by atoms with Gasteiger partial charge in [-0.15, -0.1) is 0 Å². The summed E-state index contributed by atoms with van der Waals surface area (Å²) in [6.07, 6.45) is 1.94. The molecule has 2 N–H and O–H groups in total. The molecule has 0 bridgehead atoms. The molecule has 2 aromatic rings. The summed E-state index contributed by atoms with van der Waals surface area (Å²) in [7, 11) is 0. The van der Waals surface area contributed by atoms with Gasteiger partial charge in [0.05, 0.1) is 22.4 Å². The molecule has 1 aliphatic heterocycles. The van der Waals surface area contributed by atoms with Crippen molar-refractivity contribution in [3.8, 4) is 0 Å². The number of halogens is 6. The minimum atomic E-state index is -5.00. The first-order valence-corrected chi connectivity index (χ1v) is 12.2. The monoisotopic (exact) mass is 559 g/mol. The number of rotatable bonds is 7. The highest BCUT2D eigenvalue weighted by molar-refractivity contribution is 6.18. The van der Waals surface area contributed by atoms with E-state index in [-0.39, 0.29) is 29.3 Å². The van der Waals surface area contributed by atoms with Crippen molar-refractivity contribution < 1.29 is 31.1 Å². The average Bonchev–Trinajstić information content (AvgIpc) is 3.07. The molecule has 3 rings (SSSR count). The maximum absolute atomic E-state index is 13.5. The largest absolute Gasteiger partial charge is 0.416 e. The van der Waals surface area contributed by atoms with Gasteiger partial charge in [0.1, 0.15) is 0 Å². The Kier molecular flexibility index (Phi) is 9.24. The lowest BCUT2D eigenvalue weighted by Gasteiger charge is -2.19. The standard InChI is InChI=1S/C30H27F6N3O/c1-4-6-9-20(5-2)21-10-12-22(13-11-21)26(28(37)40)18-39-14-7-8-19(3)27(38-39)23-15-24(29(31,32)33)17-25(16-23)30(34,35)36/h4-7,9-19H,2,8H2,1,3H3,(H2,37,40). The maximum Gasteiger partial charge on any atom is 0.416 e. The molecule has 1 atom stereocenters. The van der Waals surface area contributed by atoms with Crippen molar-refractivity contribution in [1.82, 2.24) is 5.01 Å². The van der Waals surface area contributed by atoms with E-state index < -0.39 is 35.3 Å². The fraction of sp³-hybridized carbons (Fsp3) is 0.200. The molecule has 210 valence electrons. The molecule has 0 saturated heterocycles. The molecule has 1 heterocycles. The van der Waals surface area contributed by atoms with E-state index >= 15 is 0 Å². The Morgan fingerprint density at radius 3 is 2.10 bits per heavy atom. The second kappa shape index (κ2) is 12.2. The van der Waals surface area contributed by atoms with Gasteiger partial charge in [-0.05, 0) is 53.8 Å². The van der Waals surface area contributed by atoms with Crippen molar-refractivity contribution >= 4 is 22.8 Å². The molecule has 4 nitrogen and oxygen atoms in total. The molecule has 0 aromatic heterocycles. The highest BCUT2D eigenvalue weighted by Gasteiger charge is 2.37. The minimum absolute atomic E-state index is 0.0123. The summed E-state index contributed by atoms with van der Waals surface area (Å²) in [5, 5.41) is 5.50. The SMILES string of the molecule is C=CC(=CC=CC)c1ccc(C(=CN2C=CCC(C)C(c3cc(C(F)(F)F)cc(C(F)(F)F)c3)=N2)C(N)=O)cc1. The fourth-order valence-electron chi connectivity index (χ4n) is 3.99. The Bertz CT molecular complexity index is 1380. The van der Waals surface area contributed by atoms with E-state index in [1.54, 1.807) is 43.3 Å². The van der Waals surface area contributed by atoms with E-state index in [0.29, 0.717) is 17.7 Å². The fourth-order valence-corrected chi connectivity index (χ4v) is 3.99. The zero-order valence-electron chi connectivity index (χ0n) is 21.7. The highest BCUT2D eigenvalue weighted by atomic mass is 19.4. The molecular weight excluding hydrogens is 532 g/mol. The van der Waals surface area contributed by atoms with Crippen LogP contribution in [0.15, 0.2) is 96.9 Å². The van der Waals surface area contributed by atoms with Gasteiger partial charge in [-0.25, -0.2) is 5.01 Å². The summed E-state index contributed by atoms with van der Waals surface area (Å²) >= 11 is 0. The van der Waals surface area contributed by atoms with Crippen molar-refractivity contribution in [2.45, 2.75) is 32.6 Å². The van der Waals surface area contributed by atoms with Crippen molar-refractivity contribution in [3.63, 3.8) is 0 Å². The topological polar surface area (TPSA) is 58.7 Å². The van der Waals surface area contributed by atoms with Gasteiger partial charge in [-0.2, -0.15) is 31.4 Å². The van der Waals surface area contributed by atoms with Crippen LogP contribution in [-0.2, 0) is 17.1 Å². The molecule has 0 aliphatic carbocycles. The first-order valence-electron chi connectivity index (χ1n) is 12.2. The summed E-state index contributed by atoms with van der Waals surface area (Å²) in [4.78, 5) is 12.4. The lowest BCUT2D eigenvalue weighted by Crippen LogP contribution is -2.19. The van der Waals surface area contributed by atoms with Crippen LogP contribution < -0.4 is 5.73 Å². The van der Waals surface area contributed by atoms with E-state index in [4.69, 9.17) is 5.73 Å². The summed E-state index contributed by atoms with van der Waals surface area (Å²) in [6, 6.07) is 8.21. The van der Waals surface area contributed by atoms with Crippen LogP contribution in [0.1, 0.15) is 48.1 Å². The first kappa shape index (κ1) is 30.2. The number of hydrogen-bond donors (Lipinski definition) is 1.